The Morgan fingerprint density at radius 3 is 2.64 bits per heavy atom. The van der Waals surface area contributed by atoms with Crippen LogP contribution in [0.3, 0.4) is 0 Å². The van der Waals surface area contributed by atoms with Gasteiger partial charge in [-0.2, -0.15) is 0 Å². The molecule has 0 radical (unpaired) electrons. The number of methoxy groups -OCH3 is 1. The number of halogens is 2. The van der Waals surface area contributed by atoms with Gasteiger partial charge in [0, 0.05) is 43.1 Å². The van der Waals surface area contributed by atoms with Crippen LogP contribution in [-0.4, -0.2) is 42.0 Å². The summed E-state index contributed by atoms with van der Waals surface area (Å²) < 4.78 is 31.3. The van der Waals surface area contributed by atoms with Crippen molar-refractivity contribution in [3.8, 4) is 0 Å². The van der Waals surface area contributed by atoms with E-state index in [-0.39, 0.29) is 0 Å². The second-order valence-electron chi connectivity index (χ2n) is 6.63. The molecule has 1 aliphatic heterocycles. The Morgan fingerprint density at radius 1 is 1.36 bits per heavy atom. The van der Waals surface area contributed by atoms with Crippen LogP contribution in [-0.2, 0) is 11.3 Å². The lowest BCUT2D eigenvalue weighted by atomic mass is 10.1. The van der Waals surface area contributed by atoms with E-state index in [2.05, 4.69) is 4.98 Å². The van der Waals surface area contributed by atoms with E-state index in [1.165, 1.54) is 7.11 Å². The number of aromatic nitrogens is 1. The van der Waals surface area contributed by atoms with Gasteiger partial charge in [0.2, 0.25) is 0 Å². The minimum Gasteiger partial charge on any atom is -0.464 e. The fourth-order valence-corrected chi connectivity index (χ4v) is 3.48. The van der Waals surface area contributed by atoms with Crippen LogP contribution in [0, 0.1) is 11.8 Å². The molecular formula is C16H18F2N2O2. The molecule has 0 amide bonds. The lowest BCUT2D eigenvalue weighted by Crippen LogP contribution is -2.27. The maximum atomic E-state index is 13.2. The number of ether oxygens (including phenoxy) is 1. The topological polar surface area (TPSA) is 42.4 Å². The standard InChI is InChI=1S/C16H18F2N2O2/c1-22-15(21)14-5-9(4-13(19-14)10-2-3-10)6-20-7-11-12(8-20)16(11,17)18/h4-5,10-12H,2-3,6-8H2,1H3. The quantitative estimate of drug-likeness (QED) is 0.801. The summed E-state index contributed by atoms with van der Waals surface area (Å²) in [6.45, 7) is 1.47. The molecule has 3 fully saturated rings. The average Bonchev–Trinajstić information content (AvgIpc) is 3.36. The average molecular weight is 308 g/mol. The Kier molecular flexibility index (Phi) is 3.01. The molecule has 0 N–H and O–H groups in total. The van der Waals surface area contributed by atoms with Gasteiger partial charge in [-0.15, -0.1) is 0 Å². The maximum Gasteiger partial charge on any atom is 0.356 e. The molecule has 2 atom stereocenters. The van der Waals surface area contributed by atoms with Gasteiger partial charge in [-0.1, -0.05) is 0 Å². The van der Waals surface area contributed by atoms with Gasteiger partial charge in [0.25, 0.3) is 5.92 Å². The largest absolute Gasteiger partial charge is 0.464 e. The zero-order valence-corrected chi connectivity index (χ0v) is 12.4. The number of likely N-dealkylation sites (tertiary alicyclic amines) is 1. The molecule has 3 aliphatic rings. The zero-order valence-electron chi connectivity index (χ0n) is 12.4. The highest BCUT2D eigenvalue weighted by Gasteiger charge is 2.71. The first kappa shape index (κ1) is 14.1. The molecule has 4 rings (SSSR count). The number of carbonyl (C=O) groups excluding carboxylic acids is 1. The van der Waals surface area contributed by atoms with E-state index in [1.807, 2.05) is 11.0 Å². The molecule has 1 saturated heterocycles. The van der Waals surface area contributed by atoms with Crippen molar-refractivity contribution in [2.24, 2.45) is 11.8 Å². The Hall–Kier alpha value is -1.56. The van der Waals surface area contributed by atoms with Crippen LogP contribution in [0.15, 0.2) is 12.1 Å². The molecule has 1 aromatic heterocycles. The Labute approximate surface area is 127 Å². The molecule has 2 heterocycles. The van der Waals surface area contributed by atoms with Crippen molar-refractivity contribution in [1.29, 1.82) is 0 Å². The molecule has 0 spiro atoms. The highest BCUT2D eigenvalue weighted by Crippen LogP contribution is 2.59. The van der Waals surface area contributed by atoms with Crippen molar-refractivity contribution in [1.82, 2.24) is 9.88 Å². The van der Waals surface area contributed by atoms with Gasteiger partial charge in [0.15, 0.2) is 0 Å². The summed E-state index contributed by atoms with van der Waals surface area (Å²) >= 11 is 0. The summed E-state index contributed by atoms with van der Waals surface area (Å²) in [5.41, 5.74) is 2.20. The first-order valence-electron chi connectivity index (χ1n) is 7.68. The van der Waals surface area contributed by atoms with Gasteiger partial charge in [0.1, 0.15) is 5.69 Å². The van der Waals surface area contributed by atoms with E-state index in [0.717, 1.165) is 24.1 Å². The van der Waals surface area contributed by atoms with Crippen molar-refractivity contribution >= 4 is 5.97 Å². The van der Waals surface area contributed by atoms with Gasteiger partial charge in [-0.05, 0) is 30.5 Å². The molecule has 2 aliphatic carbocycles. The van der Waals surface area contributed by atoms with E-state index in [0.29, 0.717) is 31.2 Å². The van der Waals surface area contributed by atoms with Crippen LogP contribution >= 0.6 is 0 Å². The van der Waals surface area contributed by atoms with E-state index in [9.17, 15) is 13.6 Å². The number of rotatable bonds is 4. The Morgan fingerprint density at radius 2 is 2.05 bits per heavy atom. The summed E-state index contributed by atoms with van der Waals surface area (Å²) in [7, 11) is 1.34. The summed E-state index contributed by atoms with van der Waals surface area (Å²) in [6, 6.07) is 3.73. The second kappa shape index (κ2) is 4.72. The fraction of sp³-hybridized carbons (Fsp3) is 0.625. The number of nitrogens with zero attached hydrogens (tertiary/aromatic N) is 2. The van der Waals surface area contributed by atoms with Crippen LogP contribution in [0.5, 0.6) is 0 Å². The molecule has 6 heteroatoms. The van der Waals surface area contributed by atoms with E-state index in [1.54, 1.807) is 6.07 Å². The van der Waals surface area contributed by atoms with Crippen LogP contribution < -0.4 is 0 Å². The monoisotopic (exact) mass is 308 g/mol. The highest BCUT2D eigenvalue weighted by atomic mass is 19.3. The van der Waals surface area contributed by atoms with Gasteiger partial charge in [-0.3, -0.25) is 4.90 Å². The number of hydrogen-bond donors (Lipinski definition) is 0. The number of alkyl halides is 2. The summed E-state index contributed by atoms with van der Waals surface area (Å²) in [4.78, 5) is 18.2. The minimum absolute atomic E-state index is 0.316. The number of esters is 1. The third-order valence-corrected chi connectivity index (χ3v) is 4.98. The lowest BCUT2D eigenvalue weighted by molar-refractivity contribution is 0.0519. The van der Waals surface area contributed by atoms with E-state index in [4.69, 9.17) is 4.74 Å². The third kappa shape index (κ3) is 2.29. The summed E-state index contributed by atoms with van der Waals surface area (Å²) in [5, 5.41) is 0. The van der Waals surface area contributed by atoms with Gasteiger partial charge in [-0.25, -0.2) is 18.6 Å². The number of pyridine rings is 1. The van der Waals surface area contributed by atoms with Gasteiger partial charge < -0.3 is 4.74 Å². The van der Waals surface area contributed by atoms with Crippen LogP contribution in [0.25, 0.3) is 0 Å². The molecule has 118 valence electrons. The van der Waals surface area contributed by atoms with Crippen molar-refractivity contribution in [2.75, 3.05) is 20.2 Å². The van der Waals surface area contributed by atoms with Crippen molar-refractivity contribution < 1.29 is 18.3 Å². The Balaban J connectivity index is 1.51. The Bertz CT molecular complexity index is 617. The predicted molar refractivity (Wildman–Crippen MR) is 74.8 cm³/mol. The molecule has 0 bridgehead atoms. The van der Waals surface area contributed by atoms with Gasteiger partial charge in [0.05, 0.1) is 7.11 Å². The molecule has 2 unspecified atom stereocenters. The minimum atomic E-state index is -2.45. The number of fused-ring (bicyclic) bond motifs is 1. The normalized spacial score (nSPS) is 29.2. The fourth-order valence-electron chi connectivity index (χ4n) is 3.48. The second-order valence-corrected chi connectivity index (χ2v) is 6.63. The molecular weight excluding hydrogens is 290 g/mol. The zero-order chi connectivity index (χ0) is 15.5. The van der Waals surface area contributed by atoms with Crippen molar-refractivity contribution in [3.05, 3.63) is 29.1 Å². The molecule has 0 aromatic carbocycles. The van der Waals surface area contributed by atoms with E-state index < -0.39 is 23.7 Å². The number of carbonyl (C=O) groups is 1. The summed E-state index contributed by atoms with van der Waals surface area (Å²) in [6.07, 6.45) is 2.19. The number of hydrogen-bond acceptors (Lipinski definition) is 4. The highest BCUT2D eigenvalue weighted by molar-refractivity contribution is 5.87. The first-order chi connectivity index (χ1) is 10.5. The summed E-state index contributed by atoms with van der Waals surface area (Å²) in [5.74, 6) is -3.42. The van der Waals surface area contributed by atoms with Crippen molar-refractivity contribution in [2.45, 2.75) is 31.2 Å². The molecule has 4 nitrogen and oxygen atoms in total. The SMILES string of the molecule is COC(=O)c1cc(CN2CC3C(C2)C3(F)F)cc(C2CC2)n1. The van der Waals surface area contributed by atoms with E-state index >= 15 is 0 Å². The third-order valence-electron chi connectivity index (χ3n) is 4.98. The van der Waals surface area contributed by atoms with Crippen LogP contribution in [0.4, 0.5) is 8.78 Å². The van der Waals surface area contributed by atoms with Crippen LogP contribution in [0.2, 0.25) is 0 Å². The molecule has 2 saturated carbocycles. The van der Waals surface area contributed by atoms with Crippen molar-refractivity contribution in [3.63, 3.8) is 0 Å². The molecule has 22 heavy (non-hydrogen) atoms. The van der Waals surface area contributed by atoms with Crippen LogP contribution in [0.1, 0.15) is 40.5 Å². The smallest absolute Gasteiger partial charge is 0.356 e. The maximum absolute atomic E-state index is 13.2. The number of piperidine rings is 1. The predicted octanol–water partition coefficient (Wildman–Crippen LogP) is 2.44. The van der Waals surface area contributed by atoms with Gasteiger partial charge >= 0.3 is 5.97 Å². The lowest BCUT2D eigenvalue weighted by Gasteiger charge is -2.20. The first-order valence-corrected chi connectivity index (χ1v) is 7.68. The molecule has 1 aromatic rings.